The number of amides is 1. The van der Waals surface area contributed by atoms with Gasteiger partial charge < -0.3 is 4.90 Å². The van der Waals surface area contributed by atoms with Crippen molar-refractivity contribution in [2.75, 3.05) is 0 Å². The molecule has 1 atom stereocenters. The maximum atomic E-state index is 13.8. The number of aromatic nitrogens is 3. The van der Waals surface area contributed by atoms with Crippen LogP contribution in [0.2, 0.25) is 0 Å². The van der Waals surface area contributed by atoms with Gasteiger partial charge in [-0.25, -0.2) is 4.68 Å². The predicted molar refractivity (Wildman–Crippen MR) is 122 cm³/mol. The molecule has 1 aromatic carbocycles. The zero-order valence-corrected chi connectivity index (χ0v) is 18.3. The number of pyridine rings is 1. The fraction of sp³-hybridized carbons (Fsp3) is 0.440. The maximum absolute atomic E-state index is 13.8. The molecule has 0 radical (unpaired) electrons. The molecule has 2 aromatic heterocycles. The lowest BCUT2D eigenvalue weighted by atomic mass is 9.92. The minimum absolute atomic E-state index is 0.0523. The van der Waals surface area contributed by atoms with Crippen molar-refractivity contribution in [1.29, 1.82) is 0 Å². The normalized spacial score (nSPS) is 15.7. The van der Waals surface area contributed by atoms with Gasteiger partial charge in [0.1, 0.15) is 0 Å². The van der Waals surface area contributed by atoms with Gasteiger partial charge in [-0.2, -0.15) is 5.10 Å². The van der Waals surface area contributed by atoms with Crippen LogP contribution in [0.25, 0.3) is 10.8 Å². The monoisotopic (exact) mass is 418 g/mol. The molecule has 0 spiro atoms. The van der Waals surface area contributed by atoms with E-state index in [1.54, 1.807) is 6.20 Å². The van der Waals surface area contributed by atoms with Gasteiger partial charge in [-0.05, 0) is 44.9 Å². The van der Waals surface area contributed by atoms with Crippen molar-refractivity contribution in [3.05, 3.63) is 70.4 Å². The summed E-state index contributed by atoms with van der Waals surface area (Å²) in [7, 11) is 0. The first-order valence-electron chi connectivity index (χ1n) is 11.3. The Bertz CT molecular complexity index is 1100. The second-order valence-electron chi connectivity index (χ2n) is 8.35. The summed E-state index contributed by atoms with van der Waals surface area (Å²) in [5.74, 6) is -0.398. The Kier molecular flexibility index (Phi) is 6.44. The van der Waals surface area contributed by atoms with Crippen molar-refractivity contribution < 1.29 is 4.79 Å². The van der Waals surface area contributed by atoms with E-state index in [2.05, 4.69) is 10.1 Å². The molecule has 1 fully saturated rings. The van der Waals surface area contributed by atoms with Gasteiger partial charge in [0.05, 0.1) is 29.2 Å². The van der Waals surface area contributed by atoms with E-state index in [4.69, 9.17) is 0 Å². The molecular formula is C25H30N4O2. The summed E-state index contributed by atoms with van der Waals surface area (Å²) in [6, 6.07) is 13.5. The SMILES string of the molecule is CCn1nc(C(C)C(=O)N(Cc2ccccn2)C2CCCCC2)c2ccccc2c1=O. The number of carbonyl (C=O) groups excluding carboxylic acids is 1. The Morgan fingerprint density at radius 1 is 1.10 bits per heavy atom. The van der Waals surface area contributed by atoms with Crippen LogP contribution in [-0.4, -0.2) is 31.6 Å². The van der Waals surface area contributed by atoms with Crippen molar-refractivity contribution in [3.63, 3.8) is 0 Å². The summed E-state index contributed by atoms with van der Waals surface area (Å²) < 4.78 is 1.46. The number of carbonyl (C=O) groups is 1. The molecule has 1 saturated carbocycles. The molecular weight excluding hydrogens is 388 g/mol. The van der Waals surface area contributed by atoms with E-state index < -0.39 is 5.92 Å². The van der Waals surface area contributed by atoms with E-state index in [0.717, 1.165) is 36.8 Å². The third-order valence-electron chi connectivity index (χ3n) is 6.33. The molecule has 2 heterocycles. The zero-order valence-electron chi connectivity index (χ0n) is 18.3. The molecule has 3 aromatic rings. The highest BCUT2D eigenvalue weighted by atomic mass is 16.2. The third kappa shape index (κ3) is 4.38. The van der Waals surface area contributed by atoms with E-state index in [-0.39, 0.29) is 17.5 Å². The molecule has 1 unspecified atom stereocenters. The number of fused-ring (bicyclic) bond motifs is 1. The maximum Gasteiger partial charge on any atom is 0.274 e. The standard InChI is InChI=1S/C25H30N4O2/c1-3-29-25(31)22-15-8-7-14-21(22)23(27-29)18(2)24(30)28(20-12-5-4-6-13-20)17-19-11-9-10-16-26-19/h7-11,14-16,18,20H,3-6,12-13,17H2,1-2H3. The van der Waals surface area contributed by atoms with Crippen LogP contribution in [0.1, 0.15) is 63.3 Å². The molecule has 31 heavy (non-hydrogen) atoms. The molecule has 0 bridgehead atoms. The number of benzene rings is 1. The quantitative estimate of drug-likeness (QED) is 0.599. The Morgan fingerprint density at radius 3 is 2.48 bits per heavy atom. The largest absolute Gasteiger partial charge is 0.333 e. The molecule has 0 aliphatic heterocycles. The zero-order chi connectivity index (χ0) is 21.8. The lowest BCUT2D eigenvalue weighted by Gasteiger charge is -2.36. The van der Waals surface area contributed by atoms with Gasteiger partial charge in [-0.3, -0.25) is 14.6 Å². The first-order chi connectivity index (χ1) is 15.1. The highest BCUT2D eigenvalue weighted by molar-refractivity contribution is 5.91. The highest BCUT2D eigenvalue weighted by Gasteiger charge is 2.31. The number of aryl methyl sites for hydroxylation is 1. The molecule has 6 nitrogen and oxygen atoms in total. The van der Waals surface area contributed by atoms with Crippen LogP contribution in [-0.2, 0) is 17.9 Å². The second-order valence-corrected chi connectivity index (χ2v) is 8.35. The third-order valence-corrected chi connectivity index (χ3v) is 6.33. The Labute approximate surface area is 182 Å². The summed E-state index contributed by atoms with van der Waals surface area (Å²) in [6.07, 6.45) is 7.33. The van der Waals surface area contributed by atoms with Crippen molar-refractivity contribution in [3.8, 4) is 0 Å². The molecule has 1 aliphatic rings. The van der Waals surface area contributed by atoms with E-state index >= 15 is 0 Å². The van der Waals surface area contributed by atoms with Gasteiger partial charge in [0.2, 0.25) is 5.91 Å². The van der Waals surface area contributed by atoms with Crippen molar-refractivity contribution in [1.82, 2.24) is 19.7 Å². The Morgan fingerprint density at radius 2 is 1.81 bits per heavy atom. The average molecular weight is 419 g/mol. The van der Waals surface area contributed by atoms with Crippen molar-refractivity contribution in [2.45, 2.75) is 71.0 Å². The number of hydrogen-bond acceptors (Lipinski definition) is 4. The van der Waals surface area contributed by atoms with E-state index in [9.17, 15) is 9.59 Å². The summed E-state index contributed by atoms with van der Waals surface area (Å²) in [4.78, 5) is 33.0. The molecule has 162 valence electrons. The first-order valence-corrected chi connectivity index (χ1v) is 11.3. The van der Waals surface area contributed by atoms with Crippen molar-refractivity contribution in [2.24, 2.45) is 0 Å². The average Bonchev–Trinajstić information content (AvgIpc) is 2.83. The van der Waals surface area contributed by atoms with Crippen LogP contribution in [0.15, 0.2) is 53.5 Å². The fourth-order valence-electron chi connectivity index (χ4n) is 4.61. The molecule has 1 aliphatic carbocycles. The molecule has 4 rings (SSSR count). The van der Waals surface area contributed by atoms with Crippen LogP contribution >= 0.6 is 0 Å². The minimum Gasteiger partial charge on any atom is -0.333 e. The molecule has 6 heteroatoms. The van der Waals surface area contributed by atoms with Gasteiger partial charge >= 0.3 is 0 Å². The lowest BCUT2D eigenvalue weighted by Crippen LogP contribution is -2.43. The second kappa shape index (κ2) is 9.41. The lowest BCUT2D eigenvalue weighted by molar-refractivity contribution is -0.136. The van der Waals surface area contributed by atoms with Crippen LogP contribution in [0, 0.1) is 0 Å². The minimum atomic E-state index is -0.450. The van der Waals surface area contributed by atoms with E-state index in [0.29, 0.717) is 24.2 Å². The van der Waals surface area contributed by atoms with E-state index in [1.165, 1.54) is 11.1 Å². The van der Waals surface area contributed by atoms with Gasteiger partial charge in [0, 0.05) is 24.2 Å². The Hall–Kier alpha value is -3.02. The smallest absolute Gasteiger partial charge is 0.274 e. The van der Waals surface area contributed by atoms with Gasteiger partial charge in [0.25, 0.3) is 5.56 Å². The summed E-state index contributed by atoms with van der Waals surface area (Å²) >= 11 is 0. The van der Waals surface area contributed by atoms with Gasteiger partial charge in [-0.1, -0.05) is 43.5 Å². The van der Waals surface area contributed by atoms with E-state index in [1.807, 2.05) is 61.2 Å². The van der Waals surface area contributed by atoms with Crippen LogP contribution in [0.3, 0.4) is 0 Å². The predicted octanol–water partition coefficient (Wildman–Crippen LogP) is 4.28. The van der Waals surface area contributed by atoms with Crippen LogP contribution < -0.4 is 5.56 Å². The van der Waals surface area contributed by atoms with Crippen LogP contribution in [0.5, 0.6) is 0 Å². The summed E-state index contributed by atoms with van der Waals surface area (Å²) in [5, 5.41) is 5.99. The first kappa shape index (κ1) is 21.2. The van der Waals surface area contributed by atoms with Crippen LogP contribution in [0.4, 0.5) is 0 Å². The summed E-state index contributed by atoms with van der Waals surface area (Å²) in [5.41, 5.74) is 1.45. The number of hydrogen-bond donors (Lipinski definition) is 0. The molecule has 0 saturated heterocycles. The highest BCUT2D eigenvalue weighted by Crippen LogP contribution is 2.29. The fourth-order valence-corrected chi connectivity index (χ4v) is 4.61. The van der Waals surface area contributed by atoms with Gasteiger partial charge in [-0.15, -0.1) is 0 Å². The Balaban J connectivity index is 1.73. The molecule has 1 amide bonds. The van der Waals surface area contributed by atoms with Gasteiger partial charge in [0.15, 0.2) is 0 Å². The topological polar surface area (TPSA) is 68.1 Å². The number of nitrogens with zero attached hydrogens (tertiary/aromatic N) is 4. The summed E-state index contributed by atoms with van der Waals surface area (Å²) in [6.45, 7) is 4.78. The van der Waals surface area contributed by atoms with Crippen molar-refractivity contribution >= 4 is 16.7 Å². The number of rotatable bonds is 6. The molecule has 0 N–H and O–H groups in total.